The lowest BCUT2D eigenvalue weighted by Gasteiger charge is -2.36. The molecule has 2 unspecified atom stereocenters. The number of benzene rings is 1. The molecule has 0 spiro atoms. The highest BCUT2D eigenvalue weighted by Crippen LogP contribution is 2.21. The van der Waals surface area contributed by atoms with E-state index in [0.29, 0.717) is 12.1 Å². The summed E-state index contributed by atoms with van der Waals surface area (Å²) in [6.45, 7) is 8.44. The van der Waals surface area contributed by atoms with Crippen molar-refractivity contribution in [3.05, 3.63) is 35.4 Å². The van der Waals surface area contributed by atoms with Crippen molar-refractivity contribution in [2.24, 2.45) is 0 Å². The van der Waals surface area contributed by atoms with Crippen LogP contribution < -0.4 is 5.32 Å². The fourth-order valence-corrected chi connectivity index (χ4v) is 3.09. The maximum Gasteiger partial charge on any atom is 0.0622 e. The number of ether oxygens (including phenoxy) is 1. The van der Waals surface area contributed by atoms with E-state index in [1.165, 1.54) is 17.5 Å². The van der Waals surface area contributed by atoms with Crippen molar-refractivity contribution in [2.45, 2.75) is 38.8 Å². The van der Waals surface area contributed by atoms with E-state index in [4.69, 9.17) is 4.74 Å². The van der Waals surface area contributed by atoms with Crippen molar-refractivity contribution < 1.29 is 4.74 Å². The molecule has 20 heavy (non-hydrogen) atoms. The molecule has 1 aliphatic heterocycles. The first-order valence-corrected chi connectivity index (χ1v) is 7.80. The van der Waals surface area contributed by atoms with Gasteiger partial charge in [-0.15, -0.1) is 0 Å². The summed E-state index contributed by atoms with van der Waals surface area (Å²) in [5, 5.41) is 3.47. The van der Waals surface area contributed by atoms with Crippen LogP contribution in [-0.2, 0) is 4.74 Å². The molecule has 0 aromatic heterocycles. The first kappa shape index (κ1) is 15.5. The smallest absolute Gasteiger partial charge is 0.0622 e. The minimum atomic E-state index is 0.441. The molecule has 0 amide bonds. The first-order chi connectivity index (χ1) is 9.76. The highest BCUT2D eigenvalue weighted by atomic mass is 16.5. The van der Waals surface area contributed by atoms with Crippen LogP contribution in [0.1, 0.15) is 36.9 Å². The van der Waals surface area contributed by atoms with Crippen LogP contribution in [0, 0.1) is 6.92 Å². The Morgan fingerprint density at radius 2 is 2.20 bits per heavy atom. The summed E-state index contributed by atoms with van der Waals surface area (Å²) < 4.78 is 5.58. The zero-order chi connectivity index (χ0) is 14.4. The van der Waals surface area contributed by atoms with Crippen LogP contribution in [0.3, 0.4) is 0 Å². The fourth-order valence-electron chi connectivity index (χ4n) is 3.09. The van der Waals surface area contributed by atoms with Gasteiger partial charge in [0.25, 0.3) is 0 Å². The summed E-state index contributed by atoms with van der Waals surface area (Å²) in [6, 6.07) is 9.72. The summed E-state index contributed by atoms with van der Waals surface area (Å²) in [5.74, 6) is 0. The molecule has 1 aromatic carbocycles. The highest BCUT2D eigenvalue weighted by molar-refractivity contribution is 5.28. The van der Waals surface area contributed by atoms with Gasteiger partial charge >= 0.3 is 0 Å². The molecule has 1 saturated heterocycles. The molecule has 3 heteroatoms. The molecule has 1 aliphatic rings. The molecule has 0 radical (unpaired) electrons. The summed E-state index contributed by atoms with van der Waals surface area (Å²) >= 11 is 0. The molecular formula is C17H28N2O. The van der Waals surface area contributed by atoms with Crippen LogP contribution in [0.4, 0.5) is 0 Å². The van der Waals surface area contributed by atoms with E-state index in [2.05, 4.69) is 55.4 Å². The highest BCUT2D eigenvalue weighted by Gasteiger charge is 2.22. The summed E-state index contributed by atoms with van der Waals surface area (Å²) in [4.78, 5) is 2.59. The molecule has 0 saturated carbocycles. The molecule has 2 atom stereocenters. The Kier molecular flexibility index (Phi) is 6.02. The molecule has 1 fully saturated rings. The van der Waals surface area contributed by atoms with Gasteiger partial charge < -0.3 is 10.1 Å². The van der Waals surface area contributed by atoms with Crippen LogP contribution in [-0.4, -0.2) is 44.3 Å². The number of morpholine rings is 1. The predicted octanol–water partition coefficient (Wildman–Crippen LogP) is 2.76. The molecule has 1 aromatic rings. The van der Waals surface area contributed by atoms with Gasteiger partial charge in [0.05, 0.1) is 13.2 Å². The number of rotatable bonds is 6. The van der Waals surface area contributed by atoms with Crippen LogP contribution in [0.25, 0.3) is 0 Å². The average Bonchev–Trinajstić information content (AvgIpc) is 2.50. The summed E-state index contributed by atoms with van der Waals surface area (Å²) in [7, 11) is 2.06. The van der Waals surface area contributed by atoms with Crippen LogP contribution in [0.15, 0.2) is 24.3 Å². The van der Waals surface area contributed by atoms with Gasteiger partial charge in [-0.3, -0.25) is 4.90 Å². The molecule has 1 N–H and O–H groups in total. The third kappa shape index (κ3) is 3.81. The maximum atomic E-state index is 5.58. The molecule has 0 aliphatic carbocycles. The van der Waals surface area contributed by atoms with Gasteiger partial charge in [-0.05, 0) is 37.9 Å². The van der Waals surface area contributed by atoms with Crippen LogP contribution >= 0.6 is 0 Å². The van der Waals surface area contributed by atoms with E-state index in [1.54, 1.807) is 0 Å². The Morgan fingerprint density at radius 3 is 2.90 bits per heavy atom. The van der Waals surface area contributed by atoms with Crippen molar-refractivity contribution in [1.82, 2.24) is 10.2 Å². The number of aryl methyl sites for hydroxylation is 1. The largest absolute Gasteiger partial charge is 0.378 e. The first-order valence-electron chi connectivity index (χ1n) is 7.80. The van der Waals surface area contributed by atoms with E-state index in [1.807, 2.05) is 0 Å². The lowest BCUT2D eigenvalue weighted by molar-refractivity contribution is -0.00998. The quantitative estimate of drug-likeness (QED) is 0.864. The van der Waals surface area contributed by atoms with Crippen LogP contribution in [0.5, 0.6) is 0 Å². The summed E-state index contributed by atoms with van der Waals surface area (Å²) in [5.41, 5.74) is 2.80. The van der Waals surface area contributed by atoms with E-state index in [9.17, 15) is 0 Å². The van der Waals surface area contributed by atoms with Gasteiger partial charge in [-0.25, -0.2) is 0 Å². The number of hydrogen-bond donors (Lipinski definition) is 1. The van der Waals surface area contributed by atoms with Crippen molar-refractivity contribution in [1.29, 1.82) is 0 Å². The second kappa shape index (κ2) is 7.77. The van der Waals surface area contributed by atoms with Gasteiger partial charge in [0.2, 0.25) is 0 Å². The third-order valence-corrected chi connectivity index (χ3v) is 4.44. The zero-order valence-electron chi connectivity index (χ0n) is 13.1. The van der Waals surface area contributed by atoms with Crippen molar-refractivity contribution >= 4 is 0 Å². The normalized spacial score (nSPS) is 21.9. The number of nitrogens with zero attached hydrogens (tertiary/aromatic N) is 1. The molecule has 3 nitrogen and oxygen atoms in total. The lowest BCUT2D eigenvalue weighted by Crippen LogP contribution is -2.46. The number of nitrogens with one attached hydrogen (secondary N) is 1. The molecular weight excluding hydrogens is 248 g/mol. The Morgan fingerprint density at radius 1 is 1.40 bits per heavy atom. The van der Waals surface area contributed by atoms with Gasteiger partial charge in [0.1, 0.15) is 0 Å². The Balaban J connectivity index is 1.95. The zero-order valence-corrected chi connectivity index (χ0v) is 13.1. The summed E-state index contributed by atoms with van der Waals surface area (Å²) in [6.07, 6.45) is 2.33. The van der Waals surface area contributed by atoms with Gasteiger partial charge in [0.15, 0.2) is 0 Å². The second-order valence-corrected chi connectivity index (χ2v) is 5.66. The van der Waals surface area contributed by atoms with Gasteiger partial charge in [-0.2, -0.15) is 0 Å². The monoisotopic (exact) mass is 276 g/mol. The third-order valence-electron chi connectivity index (χ3n) is 4.44. The molecule has 0 bridgehead atoms. The minimum Gasteiger partial charge on any atom is -0.378 e. The molecule has 112 valence electrons. The standard InChI is InChI=1S/C17H28N2O/c1-4-15-13-20-12-11-19(15)10-9-17(18-3)16-8-6-5-7-14(16)2/h5-8,15,17-18H,4,9-13H2,1-3H3. The van der Waals surface area contributed by atoms with E-state index in [0.717, 1.165) is 32.7 Å². The van der Waals surface area contributed by atoms with Gasteiger partial charge in [0, 0.05) is 25.2 Å². The lowest BCUT2D eigenvalue weighted by atomic mass is 9.98. The maximum absolute atomic E-state index is 5.58. The van der Waals surface area contributed by atoms with Crippen molar-refractivity contribution in [3.63, 3.8) is 0 Å². The average molecular weight is 276 g/mol. The Bertz CT molecular complexity index is 408. The molecule has 2 rings (SSSR count). The van der Waals surface area contributed by atoms with Crippen LogP contribution in [0.2, 0.25) is 0 Å². The van der Waals surface area contributed by atoms with Crippen molar-refractivity contribution in [3.8, 4) is 0 Å². The Hall–Kier alpha value is -0.900. The van der Waals surface area contributed by atoms with Gasteiger partial charge in [-0.1, -0.05) is 31.2 Å². The van der Waals surface area contributed by atoms with E-state index in [-0.39, 0.29) is 0 Å². The minimum absolute atomic E-state index is 0.441. The van der Waals surface area contributed by atoms with E-state index >= 15 is 0 Å². The predicted molar refractivity (Wildman–Crippen MR) is 84.1 cm³/mol. The van der Waals surface area contributed by atoms with E-state index < -0.39 is 0 Å². The second-order valence-electron chi connectivity index (χ2n) is 5.66. The van der Waals surface area contributed by atoms with Crippen molar-refractivity contribution in [2.75, 3.05) is 33.4 Å². The molecule has 1 heterocycles. The Labute approximate surface area is 123 Å². The number of hydrogen-bond acceptors (Lipinski definition) is 3. The SMILES string of the molecule is CCC1COCCN1CCC(NC)c1ccccc1C. The fraction of sp³-hybridized carbons (Fsp3) is 0.647. The topological polar surface area (TPSA) is 24.5 Å².